The van der Waals surface area contributed by atoms with Crippen molar-refractivity contribution < 1.29 is 45.8 Å². The van der Waals surface area contributed by atoms with Gasteiger partial charge in [-0.05, 0) is 112 Å². The highest BCUT2D eigenvalue weighted by atomic mass is 35.5. The number of alkyl halides is 3. The molecule has 0 spiro atoms. The van der Waals surface area contributed by atoms with Gasteiger partial charge in [-0.25, -0.2) is 8.42 Å². The molecule has 0 aliphatic heterocycles. The highest BCUT2D eigenvalue weighted by Crippen LogP contribution is 2.59. The number of nitrogens with zero attached hydrogens (tertiary/aromatic N) is 1. The van der Waals surface area contributed by atoms with Gasteiger partial charge >= 0.3 is 6.18 Å². The van der Waals surface area contributed by atoms with E-state index in [0.717, 1.165) is 30.0 Å². The minimum Gasteiger partial charge on any atom is -0.453 e. The Labute approximate surface area is 308 Å². The second-order valence-electron chi connectivity index (χ2n) is 14.6. The van der Waals surface area contributed by atoms with Crippen LogP contribution in [0, 0.1) is 5.41 Å². The van der Waals surface area contributed by atoms with Crippen molar-refractivity contribution >= 4 is 27.4 Å². The van der Waals surface area contributed by atoms with Crippen LogP contribution in [0.15, 0.2) is 64.6 Å². The lowest BCUT2D eigenvalue weighted by molar-refractivity contribution is -0.137. The van der Waals surface area contributed by atoms with Gasteiger partial charge in [0, 0.05) is 43.3 Å². The zero-order chi connectivity index (χ0) is 38.1. The van der Waals surface area contributed by atoms with Gasteiger partial charge in [-0.2, -0.15) is 17.5 Å². The third kappa shape index (κ3) is 8.69. The zero-order valence-electron chi connectivity index (χ0n) is 29.9. The van der Waals surface area contributed by atoms with E-state index < -0.39 is 44.7 Å². The maximum atomic E-state index is 14.4. The van der Waals surface area contributed by atoms with E-state index in [-0.39, 0.29) is 59.5 Å². The average molecular weight is 766 g/mol. The number of methoxy groups -OCH3 is 1. The van der Waals surface area contributed by atoms with E-state index in [1.807, 2.05) is 26.0 Å². The number of carbonyl (C=O) groups excluding carboxylic acids is 1. The first-order valence-electron chi connectivity index (χ1n) is 17.5. The van der Waals surface area contributed by atoms with Gasteiger partial charge in [0.1, 0.15) is 5.76 Å². The number of allylic oxidation sites excluding steroid dienone is 2. The number of furan rings is 1. The molecular weight excluding hydrogens is 719 g/mol. The number of ketones is 1. The summed E-state index contributed by atoms with van der Waals surface area (Å²) >= 11 is 6.28. The third-order valence-electron chi connectivity index (χ3n) is 11.0. The molecule has 0 radical (unpaired) electrons. The number of hydrogen-bond donors (Lipinski definition) is 2. The van der Waals surface area contributed by atoms with Crippen molar-refractivity contribution in [3.8, 4) is 11.3 Å². The quantitative estimate of drug-likeness (QED) is 0.122. The number of aliphatic hydroxyl groups is 2. The Morgan fingerprint density at radius 2 is 1.87 bits per heavy atom. The average Bonchev–Trinajstić information content (AvgIpc) is 3.65. The molecule has 4 atom stereocenters. The van der Waals surface area contributed by atoms with Crippen LogP contribution >= 0.6 is 11.6 Å². The standard InChI is InChI=1S/C39H47ClF3NO7S/c1-25-7-5-17-37(2)32(16-18-38(37,47)24-44(52(4,48)49)19-6-20-50-3)29-12-9-26(21-28(45)11-8-25)22-30(29)36(46)35-15-14-34(51-35)31-23-27(39(41,42)43)10-13-33(31)40/h7,9-10,12-15,22-23,28,32,45,47H,5-6,8,11,16-21,24H2,1-4H3/t28-,32-,37-,38+/m0/s1. The Morgan fingerprint density at radius 1 is 1.12 bits per heavy atom. The van der Waals surface area contributed by atoms with Gasteiger partial charge in [0.15, 0.2) is 5.76 Å². The first-order valence-corrected chi connectivity index (χ1v) is 19.7. The van der Waals surface area contributed by atoms with Crippen LogP contribution in [0.2, 0.25) is 5.02 Å². The fraction of sp³-hybridized carbons (Fsp3) is 0.513. The molecule has 1 fully saturated rings. The van der Waals surface area contributed by atoms with E-state index in [4.69, 9.17) is 20.8 Å². The topological polar surface area (TPSA) is 117 Å². The summed E-state index contributed by atoms with van der Waals surface area (Å²) in [5, 5.41) is 23.5. The lowest BCUT2D eigenvalue weighted by Crippen LogP contribution is -2.53. The first-order chi connectivity index (χ1) is 24.4. The van der Waals surface area contributed by atoms with Gasteiger partial charge in [0.25, 0.3) is 0 Å². The SMILES string of the molecule is COCCCN(C[C@]1(O)CC[C@H]2c3ccc(cc3C(=O)c3ccc(-c4cc(C(F)(F)F)ccc4Cl)o3)C[C@@H](O)CCC(C)=CCC[C@@]21C)S(C)(=O)=O. The molecule has 2 bridgehead atoms. The lowest BCUT2D eigenvalue weighted by atomic mass is 9.65. The number of rotatable bonds is 10. The van der Waals surface area contributed by atoms with E-state index >= 15 is 0 Å². The molecule has 3 aliphatic carbocycles. The zero-order valence-corrected chi connectivity index (χ0v) is 31.5. The maximum absolute atomic E-state index is 14.4. The van der Waals surface area contributed by atoms with Gasteiger partial charge in [0.2, 0.25) is 15.8 Å². The largest absolute Gasteiger partial charge is 0.453 e. The molecule has 6 rings (SSSR count). The monoisotopic (exact) mass is 765 g/mol. The molecule has 13 heteroatoms. The van der Waals surface area contributed by atoms with Crippen LogP contribution < -0.4 is 0 Å². The van der Waals surface area contributed by atoms with Crippen molar-refractivity contribution in [1.29, 1.82) is 0 Å². The molecule has 2 aromatic carbocycles. The van der Waals surface area contributed by atoms with Crippen molar-refractivity contribution in [3.63, 3.8) is 0 Å². The number of hydrogen-bond acceptors (Lipinski definition) is 7. The molecule has 1 saturated carbocycles. The number of benzene rings is 2. The molecule has 52 heavy (non-hydrogen) atoms. The van der Waals surface area contributed by atoms with Crippen LogP contribution in [-0.2, 0) is 27.4 Å². The fourth-order valence-electron chi connectivity index (χ4n) is 7.86. The molecule has 1 heterocycles. The summed E-state index contributed by atoms with van der Waals surface area (Å²) < 4.78 is 78.9. The molecule has 3 aliphatic rings. The molecule has 2 N–H and O–H groups in total. The summed E-state index contributed by atoms with van der Waals surface area (Å²) in [4.78, 5) is 14.4. The summed E-state index contributed by atoms with van der Waals surface area (Å²) in [5.74, 6) is -1.02. The van der Waals surface area contributed by atoms with Crippen molar-refractivity contribution in [1.82, 2.24) is 4.31 Å². The summed E-state index contributed by atoms with van der Waals surface area (Å²) in [6, 6.07) is 11.1. The summed E-state index contributed by atoms with van der Waals surface area (Å²) in [5.41, 5.74) is -0.543. The van der Waals surface area contributed by atoms with Gasteiger partial charge in [-0.15, -0.1) is 0 Å². The number of halogens is 4. The van der Waals surface area contributed by atoms with Crippen LogP contribution in [0.1, 0.15) is 97.5 Å². The predicted octanol–water partition coefficient (Wildman–Crippen LogP) is 8.19. The second-order valence-corrected chi connectivity index (χ2v) is 17.0. The number of ether oxygens (including phenoxy) is 1. The summed E-state index contributed by atoms with van der Waals surface area (Å²) in [6.07, 6.45) is 1.65. The Balaban J connectivity index is 1.60. The Morgan fingerprint density at radius 3 is 2.56 bits per heavy atom. The highest BCUT2D eigenvalue weighted by molar-refractivity contribution is 7.88. The van der Waals surface area contributed by atoms with E-state index in [1.165, 1.54) is 16.4 Å². The third-order valence-corrected chi connectivity index (χ3v) is 12.5. The minimum atomic E-state index is -4.61. The lowest BCUT2D eigenvalue weighted by Gasteiger charge is -2.45. The number of carbonyl (C=O) groups is 1. The molecule has 0 unspecified atom stereocenters. The number of aliphatic hydroxyl groups excluding tert-OH is 1. The van der Waals surface area contributed by atoms with Crippen LogP contribution in [0.25, 0.3) is 11.3 Å². The van der Waals surface area contributed by atoms with E-state index in [1.54, 1.807) is 13.2 Å². The van der Waals surface area contributed by atoms with Crippen molar-refractivity contribution in [2.75, 3.05) is 33.1 Å². The van der Waals surface area contributed by atoms with Crippen molar-refractivity contribution in [2.45, 2.75) is 89.0 Å². The van der Waals surface area contributed by atoms with Crippen LogP contribution in [0.4, 0.5) is 13.2 Å². The van der Waals surface area contributed by atoms with Gasteiger partial charge < -0.3 is 19.4 Å². The van der Waals surface area contributed by atoms with E-state index in [0.29, 0.717) is 56.3 Å². The fourth-order valence-corrected chi connectivity index (χ4v) is 8.98. The molecule has 1 aromatic heterocycles. The molecule has 284 valence electrons. The maximum Gasteiger partial charge on any atom is 0.416 e. The van der Waals surface area contributed by atoms with Crippen LogP contribution in [0.5, 0.6) is 0 Å². The van der Waals surface area contributed by atoms with E-state index in [2.05, 4.69) is 6.08 Å². The van der Waals surface area contributed by atoms with Crippen LogP contribution in [0.3, 0.4) is 0 Å². The van der Waals surface area contributed by atoms with Gasteiger partial charge in [-0.1, -0.05) is 42.3 Å². The van der Waals surface area contributed by atoms with Gasteiger partial charge in [0.05, 0.1) is 28.5 Å². The predicted molar refractivity (Wildman–Crippen MR) is 194 cm³/mol. The van der Waals surface area contributed by atoms with E-state index in [9.17, 15) is 36.6 Å². The van der Waals surface area contributed by atoms with Crippen molar-refractivity contribution in [3.05, 3.63) is 93.2 Å². The second kappa shape index (κ2) is 15.8. The van der Waals surface area contributed by atoms with Crippen molar-refractivity contribution in [2.24, 2.45) is 5.41 Å². The number of sulfonamides is 1. The normalized spacial score (nSPS) is 24.5. The Kier molecular flexibility index (Phi) is 12.2. The molecule has 0 amide bonds. The molecule has 8 nitrogen and oxygen atoms in total. The Bertz CT molecular complexity index is 1910. The molecule has 3 aromatic rings. The Hall–Kier alpha value is -3.00. The summed E-state index contributed by atoms with van der Waals surface area (Å²) in [7, 11) is -2.15. The first kappa shape index (κ1) is 40.2. The van der Waals surface area contributed by atoms with Crippen LogP contribution in [-0.4, -0.2) is 73.5 Å². The molecule has 0 saturated heterocycles. The summed E-state index contributed by atoms with van der Waals surface area (Å²) in [6.45, 7) is 4.37. The smallest absolute Gasteiger partial charge is 0.416 e. The minimum absolute atomic E-state index is 0.00806. The highest BCUT2D eigenvalue weighted by Gasteiger charge is 2.58. The van der Waals surface area contributed by atoms with Gasteiger partial charge in [-0.3, -0.25) is 4.79 Å². The number of fused-ring (bicyclic) bond motifs is 8. The molecular formula is C39H47ClF3NO7S.